The fourth-order valence-corrected chi connectivity index (χ4v) is 0.886. The Morgan fingerprint density at radius 3 is 2.11 bits per heavy atom. The van der Waals surface area contributed by atoms with Gasteiger partial charge in [0.25, 0.3) is 0 Å². The Bertz CT molecular complexity index is 100. The standard InChI is InChI=1S/C4H6Cl3NO/c1-8(3-9)2-4(5,6)7/h3H,2H2,1H3. The van der Waals surface area contributed by atoms with Crippen LogP contribution in [0.2, 0.25) is 0 Å². The van der Waals surface area contributed by atoms with Gasteiger partial charge in [-0.2, -0.15) is 0 Å². The third-order valence-electron chi connectivity index (χ3n) is 0.609. The van der Waals surface area contributed by atoms with Crippen molar-refractivity contribution in [3.63, 3.8) is 0 Å². The average Bonchev–Trinajstić information content (AvgIpc) is 1.62. The summed E-state index contributed by atoms with van der Waals surface area (Å²) in [5.74, 6) is 0. The average molecular weight is 190 g/mol. The van der Waals surface area contributed by atoms with Gasteiger partial charge < -0.3 is 4.90 Å². The summed E-state index contributed by atoms with van der Waals surface area (Å²) in [6, 6.07) is 0. The number of carbonyl (C=O) groups is 1. The minimum Gasteiger partial charge on any atom is -0.344 e. The molecule has 0 unspecified atom stereocenters. The quantitative estimate of drug-likeness (QED) is 0.477. The molecule has 0 aromatic rings. The fraction of sp³-hybridized carbons (Fsp3) is 0.750. The zero-order valence-corrected chi connectivity index (χ0v) is 7.04. The first-order chi connectivity index (χ1) is 3.95. The largest absolute Gasteiger partial charge is 0.344 e. The van der Waals surface area contributed by atoms with Gasteiger partial charge >= 0.3 is 0 Å². The molecule has 0 spiro atoms. The Morgan fingerprint density at radius 1 is 1.56 bits per heavy atom. The van der Waals surface area contributed by atoms with Gasteiger partial charge in [-0.1, -0.05) is 34.8 Å². The fourth-order valence-electron chi connectivity index (χ4n) is 0.320. The van der Waals surface area contributed by atoms with E-state index in [1.807, 2.05) is 0 Å². The number of amides is 1. The third kappa shape index (κ3) is 6.22. The van der Waals surface area contributed by atoms with Gasteiger partial charge in [0, 0.05) is 7.05 Å². The highest BCUT2D eigenvalue weighted by molar-refractivity contribution is 6.67. The Kier molecular flexibility index (Phi) is 3.63. The van der Waals surface area contributed by atoms with E-state index in [9.17, 15) is 4.79 Å². The smallest absolute Gasteiger partial charge is 0.209 e. The van der Waals surface area contributed by atoms with Gasteiger partial charge in [0.1, 0.15) is 0 Å². The maximum absolute atomic E-state index is 9.93. The Balaban J connectivity index is 3.59. The van der Waals surface area contributed by atoms with E-state index in [1.165, 1.54) is 11.9 Å². The van der Waals surface area contributed by atoms with Crippen LogP contribution in [0.4, 0.5) is 0 Å². The zero-order valence-electron chi connectivity index (χ0n) is 4.77. The highest BCUT2D eigenvalue weighted by Crippen LogP contribution is 2.25. The zero-order chi connectivity index (χ0) is 7.49. The number of alkyl halides is 3. The van der Waals surface area contributed by atoms with Crippen molar-refractivity contribution in [1.82, 2.24) is 4.90 Å². The van der Waals surface area contributed by atoms with E-state index in [1.54, 1.807) is 0 Å². The SMILES string of the molecule is CN(C=O)CC(Cl)(Cl)Cl. The predicted molar refractivity (Wildman–Crippen MR) is 39.0 cm³/mol. The van der Waals surface area contributed by atoms with Gasteiger partial charge in [-0.15, -0.1) is 0 Å². The molecule has 0 aromatic heterocycles. The van der Waals surface area contributed by atoms with E-state index in [-0.39, 0.29) is 6.54 Å². The molecule has 0 aliphatic carbocycles. The highest BCUT2D eigenvalue weighted by atomic mass is 35.6. The Hall–Kier alpha value is 0.340. The Morgan fingerprint density at radius 2 is 2.00 bits per heavy atom. The van der Waals surface area contributed by atoms with Crippen molar-refractivity contribution < 1.29 is 4.79 Å². The van der Waals surface area contributed by atoms with Crippen molar-refractivity contribution in [2.45, 2.75) is 3.79 Å². The van der Waals surface area contributed by atoms with Gasteiger partial charge in [-0.25, -0.2) is 0 Å². The number of nitrogens with zero attached hydrogens (tertiary/aromatic N) is 1. The van der Waals surface area contributed by atoms with Gasteiger partial charge in [0.05, 0.1) is 6.54 Å². The third-order valence-corrected chi connectivity index (χ3v) is 0.967. The van der Waals surface area contributed by atoms with Crippen LogP contribution in [0.1, 0.15) is 0 Å². The van der Waals surface area contributed by atoms with Crippen LogP contribution in [0.3, 0.4) is 0 Å². The summed E-state index contributed by atoms with van der Waals surface area (Å²) in [5.41, 5.74) is 0. The maximum atomic E-state index is 9.93. The molecule has 0 fully saturated rings. The molecular weight excluding hydrogens is 184 g/mol. The highest BCUT2D eigenvalue weighted by Gasteiger charge is 2.20. The van der Waals surface area contributed by atoms with Crippen molar-refractivity contribution in [3.05, 3.63) is 0 Å². The van der Waals surface area contributed by atoms with E-state index >= 15 is 0 Å². The molecule has 54 valence electrons. The number of hydrogen-bond acceptors (Lipinski definition) is 1. The lowest BCUT2D eigenvalue weighted by Crippen LogP contribution is -2.27. The van der Waals surface area contributed by atoms with Crippen LogP contribution in [0.5, 0.6) is 0 Å². The van der Waals surface area contributed by atoms with Crippen LogP contribution in [0.25, 0.3) is 0 Å². The molecule has 0 aromatic carbocycles. The van der Waals surface area contributed by atoms with Crippen LogP contribution >= 0.6 is 34.8 Å². The number of carbonyl (C=O) groups excluding carboxylic acids is 1. The summed E-state index contributed by atoms with van der Waals surface area (Å²) in [6.45, 7) is 0.112. The second kappa shape index (κ2) is 3.49. The molecular formula is C4H6Cl3NO. The van der Waals surface area contributed by atoms with Crippen molar-refractivity contribution in [3.8, 4) is 0 Å². The van der Waals surface area contributed by atoms with E-state index in [0.717, 1.165) is 0 Å². The topological polar surface area (TPSA) is 20.3 Å². The minimum atomic E-state index is -1.37. The van der Waals surface area contributed by atoms with E-state index < -0.39 is 3.79 Å². The molecule has 0 aliphatic heterocycles. The summed E-state index contributed by atoms with van der Waals surface area (Å²) in [6.07, 6.45) is 0.599. The lowest BCUT2D eigenvalue weighted by molar-refractivity contribution is -0.116. The molecule has 9 heavy (non-hydrogen) atoms. The molecule has 0 rings (SSSR count). The van der Waals surface area contributed by atoms with Crippen LogP contribution < -0.4 is 0 Å². The molecule has 5 heteroatoms. The predicted octanol–water partition coefficient (Wildman–Crippen LogP) is 1.44. The van der Waals surface area contributed by atoms with Gasteiger partial charge in [0.15, 0.2) is 0 Å². The number of halogens is 3. The first-order valence-electron chi connectivity index (χ1n) is 2.18. The summed E-state index contributed by atoms with van der Waals surface area (Å²) in [5, 5.41) is 0. The molecule has 0 saturated heterocycles. The van der Waals surface area contributed by atoms with Gasteiger partial charge in [0.2, 0.25) is 10.2 Å². The van der Waals surface area contributed by atoms with Crippen LogP contribution in [0.15, 0.2) is 0 Å². The minimum absolute atomic E-state index is 0.112. The second-order valence-electron chi connectivity index (χ2n) is 1.64. The molecule has 0 bridgehead atoms. The second-order valence-corrected chi connectivity index (χ2v) is 4.15. The summed E-state index contributed by atoms with van der Waals surface area (Å²) < 4.78 is -1.37. The molecule has 0 radical (unpaired) electrons. The summed E-state index contributed by atoms with van der Waals surface area (Å²) >= 11 is 16.0. The molecule has 0 aliphatic rings. The molecule has 0 atom stereocenters. The van der Waals surface area contributed by atoms with E-state index in [0.29, 0.717) is 6.41 Å². The first-order valence-corrected chi connectivity index (χ1v) is 3.31. The molecule has 2 nitrogen and oxygen atoms in total. The lowest BCUT2D eigenvalue weighted by atomic mass is 10.7. The summed E-state index contributed by atoms with van der Waals surface area (Å²) in [7, 11) is 1.54. The lowest BCUT2D eigenvalue weighted by Gasteiger charge is -2.16. The normalized spacial score (nSPS) is 11.1. The van der Waals surface area contributed by atoms with Crippen molar-refractivity contribution in [2.24, 2.45) is 0 Å². The van der Waals surface area contributed by atoms with Crippen LogP contribution in [0, 0.1) is 0 Å². The van der Waals surface area contributed by atoms with E-state index in [2.05, 4.69) is 0 Å². The maximum Gasteiger partial charge on any atom is 0.209 e. The molecule has 1 amide bonds. The van der Waals surface area contributed by atoms with Crippen molar-refractivity contribution in [1.29, 1.82) is 0 Å². The van der Waals surface area contributed by atoms with Crippen LogP contribution in [-0.4, -0.2) is 28.7 Å². The molecule has 0 heterocycles. The van der Waals surface area contributed by atoms with Gasteiger partial charge in [-0.05, 0) is 0 Å². The molecule has 0 N–H and O–H groups in total. The van der Waals surface area contributed by atoms with Crippen molar-refractivity contribution >= 4 is 41.2 Å². The number of rotatable bonds is 2. The summed E-state index contributed by atoms with van der Waals surface area (Å²) in [4.78, 5) is 11.2. The number of hydrogen-bond donors (Lipinski definition) is 0. The van der Waals surface area contributed by atoms with Crippen LogP contribution in [-0.2, 0) is 4.79 Å². The van der Waals surface area contributed by atoms with E-state index in [4.69, 9.17) is 34.8 Å². The molecule has 0 saturated carbocycles. The van der Waals surface area contributed by atoms with Gasteiger partial charge in [-0.3, -0.25) is 4.79 Å². The first kappa shape index (κ1) is 9.34. The Labute approximate surface area is 68.7 Å². The van der Waals surface area contributed by atoms with Crippen molar-refractivity contribution in [2.75, 3.05) is 13.6 Å². The monoisotopic (exact) mass is 189 g/mol.